The average molecular weight is 340 g/mol. The van der Waals surface area contributed by atoms with Gasteiger partial charge >= 0.3 is 5.97 Å². The molecule has 0 radical (unpaired) electrons. The molecule has 0 N–H and O–H groups in total. The Hall–Kier alpha value is -2.29. The molecule has 0 atom stereocenters. The van der Waals surface area contributed by atoms with Crippen molar-refractivity contribution in [3.05, 3.63) is 54.1 Å². The SMILES string of the molecule is CCC(=O)OCCCCCCc1ccc(-c2ccc(OC)cc2)cc1. The molecule has 25 heavy (non-hydrogen) atoms. The molecule has 2 aromatic rings. The van der Waals surface area contributed by atoms with Gasteiger partial charge in [0, 0.05) is 6.42 Å². The number of unbranched alkanes of at least 4 members (excludes halogenated alkanes) is 3. The van der Waals surface area contributed by atoms with E-state index in [1.54, 1.807) is 7.11 Å². The summed E-state index contributed by atoms with van der Waals surface area (Å²) in [6.45, 7) is 2.38. The summed E-state index contributed by atoms with van der Waals surface area (Å²) in [5, 5.41) is 0. The Balaban J connectivity index is 1.69. The summed E-state index contributed by atoms with van der Waals surface area (Å²) >= 11 is 0. The lowest BCUT2D eigenvalue weighted by Crippen LogP contribution is -2.03. The highest BCUT2D eigenvalue weighted by atomic mass is 16.5. The van der Waals surface area contributed by atoms with Crippen molar-refractivity contribution in [2.24, 2.45) is 0 Å². The van der Waals surface area contributed by atoms with Crippen LogP contribution in [0.3, 0.4) is 0 Å². The van der Waals surface area contributed by atoms with Crippen LogP contribution in [-0.4, -0.2) is 19.7 Å². The molecule has 0 spiro atoms. The van der Waals surface area contributed by atoms with Crippen LogP contribution in [0.5, 0.6) is 5.75 Å². The van der Waals surface area contributed by atoms with Crippen LogP contribution in [0.2, 0.25) is 0 Å². The van der Waals surface area contributed by atoms with Crippen molar-refractivity contribution in [1.29, 1.82) is 0 Å². The number of carbonyl (C=O) groups excluding carboxylic acids is 1. The molecule has 3 nitrogen and oxygen atoms in total. The Bertz CT molecular complexity index is 629. The molecule has 134 valence electrons. The molecular weight excluding hydrogens is 312 g/mol. The zero-order valence-electron chi connectivity index (χ0n) is 15.3. The fourth-order valence-electron chi connectivity index (χ4n) is 2.72. The average Bonchev–Trinajstić information content (AvgIpc) is 2.67. The van der Waals surface area contributed by atoms with Crippen LogP contribution in [0.4, 0.5) is 0 Å². The summed E-state index contributed by atoms with van der Waals surface area (Å²) in [6, 6.07) is 16.9. The summed E-state index contributed by atoms with van der Waals surface area (Å²) in [6.07, 6.45) is 5.97. The third-order valence-corrected chi connectivity index (χ3v) is 4.29. The van der Waals surface area contributed by atoms with E-state index in [1.165, 1.54) is 29.5 Å². The largest absolute Gasteiger partial charge is 0.497 e. The van der Waals surface area contributed by atoms with E-state index < -0.39 is 0 Å². The topological polar surface area (TPSA) is 35.5 Å². The predicted octanol–water partition coefficient (Wildman–Crippen LogP) is 5.42. The Labute approximate surface area is 151 Å². The molecule has 0 saturated heterocycles. The fourth-order valence-corrected chi connectivity index (χ4v) is 2.72. The normalized spacial score (nSPS) is 10.5. The Morgan fingerprint density at radius 1 is 0.840 bits per heavy atom. The van der Waals surface area contributed by atoms with Gasteiger partial charge in [0.05, 0.1) is 13.7 Å². The van der Waals surface area contributed by atoms with Gasteiger partial charge in [0.25, 0.3) is 0 Å². The van der Waals surface area contributed by atoms with Gasteiger partial charge in [0.1, 0.15) is 5.75 Å². The molecule has 0 bridgehead atoms. The third kappa shape index (κ3) is 6.61. The van der Waals surface area contributed by atoms with Gasteiger partial charge in [-0.2, -0.15) is 0 Å². The van der Waals surface area contributed by atoms with Gasteiger partial charge < -0.3 is 9.47 Å². The van der Waals surface area contributed by atoms with Crippen molar-refractivity contribution in [2.45, 2.75) is 45.4 Å². The second-order valence-electron chi connectivity index (χ2n) is 6.16. The zero-order valence-corrected chi connectivity index (χ0v) is 15.3. The van der Waals surface area contributed by atoms with Crippen molar-refractivity contribution in [1.82, 2.24) is 0 Å². The van der Waals surface area contributed by atoms with Crippen LogP contribution in [0.15, 0.2) is 48.5 Å². The minimum atomic E-state index is -0.100. The van der Waals surface area contributed by atoms with Gasteiger partial charge in [-0.05, 0) is 48.1 Å². The Kier molecular flexibility index (Phi) is 8.03. The standard InChI is InChI=1S/C22H28O3/c1-3-22(23)25-17-7-5-4-6-8-18-9-11-19(12-10-18)20-13-15-21(24-2)16-14-20/h9-16H,3-8,17H2,1-2H3. The predicted molar refractivity (Wildman–Crippen MR) is 102 cm³/mol. The molecule has 0 fully saturated rings. The maximum Gasteiger partial charge on any atom is 0.305 e. The van der Waals surface area contributed by atoms with E-state index in [2.05, 4.69) is 36.4 Å². The van der Waals surface area contributed by atoms with E-state index in [9.17, 15) is 4.79 Å². The van der Waals surface area contributed by atoms with Crippen molar-refractivity contribution < 1.29 is 14.3 Å². The third-order valence-electron chi connectivity index (χ3n) is 4.29. The molecule has 0 aliphatic carbocycles. The van der Waals surface area contributed by atoms with Gasteiger partial charge in [-0.25, -0.2) is 0 Å². The second-order valence-corrected chi connectivity index (χ2v) is 6.16. The molecule has 0 saturated carbocycles. The summed E-state index contributed by atoms with van der Waals surface area (Å²) in [7, 11) is 1.68. The fraction of sp³-hybridized carbons (Fsp3) is 0.409. The lowest BCUT2D eigenvalue weighted by atomic mass is 10.0. The highest BCUT2D eigenvalue weighted by molar-refractivity contribution is 5.68. The molecule has 0 aromatic heterocycles. The molecule has 0 aliphatic rings. The molecular formula is C22H28O3. The number of esters is 1. The maximum absolute atomic E-state index is 11.0. The number of hydrogen-bond donors (Lipinski definition) is 0. The van der Waals surface area contributed by atoms with Crippen LogP contribution in [-0.2, 0) is 16.0 Å². The summed E-state index contributed by atoms with van der Waals surface area (Å²) in [5.74, 6) is 0.779. The lowest BCUT2D eigenvalue weighted by Gasteiger charge is -2.06. The lowest BCUT2D eigenvalue weighted by molar-refractivity contribution is -0.143. The van der Waals surface area contributed by atoms with Gasteiger partial charge in [0.2, 0.25) is 0 Å². The number of ether oxygens (including phenoxy) is 2. The van der Waals surface area contributed by atoms with Crippen molar-refractivity contribution in [3.8, 4) is 16.9 Å². The van der Waals surface area contributed by atoms with Crippen LogP contribution in [0, 0.1) is 0 Å². The second kappa shape index (κ2) is 10.5. The van der Waals surface area contributed by atoms with Crippen molar-refractivity contribution in [3.63, 3.8) is 0 Å². The Morgan fingerprint density at radius 3 is 2.04 bits per heavy atom. The first-order chi connectivity index (χ1) is 12.2. The van der Waals surface area contributed by atoms with Crippen molar-refractivity contribution >= 4 is 5.97 Å². The number of methoxy groups -OCH3 is 1. The van der Waals surface area contributed by atoms with Gasteiger partial charge in [-0.15, -0.1) is 0 Å². The van der Waals surface area contributed by atoms with Crippen molar-refractivity contribution in [2.75, 3.05) is 13.7 Å². The van der Waals surface area contributed by atoms with E-state index >= 15 is 0 Å². The minimum Gasteiger partial charge on any atom is -0.497 e. The first-order valence-electron chi connectivity index (χ1n) is 9.12. The van der Waals surface area contributed by atoms with Gasteiger partial charge in [-0.3, -0.25) is 4.79 Å². The zero-order chi connectivity index (χ0) is 17.9. The highest BCUT2D eigenvalue weighted by Gasteiger charge is 2.00. The number of hydrogen-bond acceptors (Lipinski definition) is 3. The quantitative estimate of drug-likeness (QED) is 0.428. The molecule has 3 heteroatoms. The van der Waals surface area contributed by atoms with E-state index in [0.29, 0.717) is 13.0 Å². The van der Waals surface area contributed by atoms with Gasteiger partial charge in [-0.1, -0.05) is 56.2 Å². The number of carbonyl (C=O) groups is 1. The smallest absolute Gasteiger partial charge is 0.305 e. The van der Waals surface area contributed by atoms with E-state index in [-0.39, 0.29) is 5.97 Å². The minimum absolute atomic E-state index is 0.100. The molecule has 0 amide bonds. The van der Waals surface area contributed by atoms with E-state index in [0.717, 1.165) is 25.0 Å². The van der Waals surface area contributed by atoms with Crippen LogP contribution in [0.25, 0.3) is 11.1 Å². The van der Waals surface area contributed by atoms with Crippen LogP contribution in [0.1, 0.15) is 44.6 Å². The Morgan fingerprint density at radius 2 is 1.44 bits per heavy atom. The number of benzene rings is 2. The number of aryl methyl sites for hydroxylation is 1. The summed E-state index contributed by atoms with van der Waals surface area (Å²) < 4.78 is 10.3. The number of rotatable bonds is 10. The van der Waals surface area contributed by atoms with Crippen LogP contribution < -0.4 is 4.74 Å². The van der Waals surface area contributed by atoms with Crippen LogP contribution >= 0.6 is 0 Å². The molecule has 2 aromatic carbocycles. The highest BCUT2D eigenvalue weighted by Crippen LogP contribution is 2.23. The summed E-state index contributed by atoms with van der Waals surface area (Å²) in [4.78, 5) is 11.0. The molecule has 2 rings (SSSR count). The maximum atomic E-state index is 11.0. The summed E-state index contributed by atoms with van der Waals surface area (Å²) in [5.41, 5.74) is 3.80. The first kappa shape index (κ1) is 19.0. The monoisotopic (exact) mass is 340 g/mol. The molecule has 0 heterocycles. The van der Waals surface area contributed by atoms with E-state index in [1.807, 2.05) is 19.1 Å². The first-order valence-corrected chi connectivity index (χ1v) is 9.12. The van der Waals surface area contributed by atoms with Gasteiger partial charge in [0.15, 0.2) is 0 Å². The van der Waals surface area contributed by atoms with E-state index in [4.69, 9.17) is 9.47 Å². The molecule has 0 unspecified atom stereocenters. The molecule has 0 aliphatic heterocycles.